The summed E-state index contributed by atoms with van der Waals surface area (Å²) in [6, 6.07) is 5.49. The average molecular weight is 270 g/mol. The molecule has 20 heavy (non-hydrogen) atoms. The van der Waals surface area contributed by atoms with E-state index in [1.54, 1.807) is 30.2 Å². The summed E-state index contributed by atoms with van der Waals surface area (Å²) in [5.74, 6) is -0.461. The zero-order valence-corrected chi connectivity index (χ0v) is 10.7. The molecule has 0 bridgehead atoms. The Balaban J connectivity index is 2.22. The average Bonchev–Trinajstić information content (AvgIpc) is 2.84. The van der Waals surface area contributed by atoms with Crippen LogP contribution in [0.2, 0.25) is 0 Å². The number of benzene rings is 1. The molecule has 0 aliphatic rings. The van der Waals surface area contributed by atoms with Gasteiger partial charge in [-0.05, 0) is 24.3 Å². The van der Waals surface area contributed by atoms with E-state index in [4.69, 9.17) is 0 Å². The van der Waals surface area contributed by atoms with Crippen molar-refractivity contribution in [3.63, 3.8) is 0 Å². The third kappa shape index (κ3) is 2.11. The molecule has 6 heteroatoms. The van der Waals surface area contributed by atoms with Gasteiger partial charge in [0.2, 0.25) is 0 Å². The van der Waals surface area contributed by atoms with E-state index in [1.807, 2.05) is 0 Å². The second-order valence-electron chi connectivity index (χ2n) is 4.32. The maximum absolute atomic E-state index is 13.4. The highest BCUT2D eigenvalue weighted by atomic mass is 19.1. The lowest BCUT2D eigenvalue weighted by molar-refractivity contribution is 0.475. The van der Waals surface area contributed by atoms with Crippen LogP contribution in [0, 0.1) is 5.82 Å². The number of aromatic nitrogens is 4. The topological polar surface area (TPSA) is 63.8 Å². The highest BCUT2D eigenvalue weighted by Gasteiger charge is 2.16. The Hall–Kier alpha value is -2.76. The van der Waals surface area contributed by atoms with Crippen molar-refractivity contribution in [1.29, 1.82) is 0 Å². The van der Waals surface area contributed by atoms with E-state index >= 15 is 0 Å². The summed E-state index contributed by atoms with van der Waals surface area (Å²) in [5.41, 5.74) is 2.17. The van der Waals surface area contributed by atoms with E-state index in [9.17, 15) is 9.50 Å². The molecule has 1 aromatic carbocycles. The third-order valence-corrected chi connectivity index (χ3v) is 2.90. The van der Waals surface area contributed by atoms with Gasteiger partial charge in [-0.25, -0.2) is 14.4 Å². The van der Waals surface area contributed by atoms with Crippen LogP contribution in [-0.4, -0.2) is 24.9 Å². The largest absolute Gasteiger partial charge is 0.507 e. The summed E-state index contributed by atoms with van der Waals surface area (Å²) in [7, 11) is 1.75. The van der Waals surface area contributed by atoms with Gasteiger partial charge in [-0.15, -0.1) is 0 Å². The number of nitrogens with zero attached hydrogens (tertiary/aromatic N) is 4. The van der Waals surface area contributed by atoms with E-state index in [-0.39, 0.29) is 5.75 Å². The number of hydrogen-bond donors (Lipinski definition) is 1. The number of phenolic OH excluding ortho intramolecular Hbond substituents is 1. The minimum atomic E-state index is -0.433. The van der Waals surface area contributed by atoms with Crippen LogP contribution in [0.5, 0.6) is 5.75 Å². The molecule has 2 heterocycles. The molecule has 0 atom stereocenters. The van der Waals surface area contributed by atoms with Crippen LogP contribution in [0.1, 0.15) is 0 Å². The van der Waals surface area contributed by atoms with Crippen molar-refractivity contribution in [2.45, 2.75) is 0 Å². The second kappa shape index (κ2) is 4.73. The van der Waals surface area contributed by atoms with Gasteiger partial charge in [0.05, 0.1) is 5.69 Å². The molecular formula is C14H11FN4O. The van der Waals surface area contributed by atoms with Gasteiger partial charge >= 0.3 is 0 Å². The molecule has 2 aromatic heterocycles. The minimum Gasteiger partial charge on any atom is -0.507 e. The molecule has 0 aliphatic carbocycles. The number of halogens is 1. The van der Waals surface area contributed by atoms with E-state index in [0.717, 1.165) is 0 Å². The second-order valence-corrected chi connectivity index (χ2v) is 4.32. The van der Waals surface area contributed by atoms with Crippen molar-refractivity contribution >= 4 is 0 Å². The Kier molecular flexibility index (Phi) is 2.90. The van der Waals surface area contributed by atoms with Gasteiger partial charge in [-0.1, -0.05) is 0 Å². The van der Waals surface area contributed by atoms with Crippen LogP contribution in [0.4, 0.5) is 4.39 Å². The maximum Gasteiger partial charge on any atom is 0.125 e. The fourth-order valence-electron chi connectivity index (χ4n) is 2.02. The molecule has 0 amide bonds. The summed E-state index contributed by atoms with van der Waals surface area (Å²) in [6.07, 6.45) is 4.81. The van der Waals surface area contributed by atoms with Crippen LogP contribution in [0.15, 0.2) is 43.0 Å². The van der Waals surface area contributed by atoms with E-state index in [1.165, 1.54) is 24.5 Å². The van der Waals surface area contributed by atoms with Crippen molar-refractivity contribution in [3.05, 3.63) is 48.8 Å². The van der Waals surface area contributed by atoms with Gasteiger partial charge in [0.1, 0.15) is 23.6 Å². The van der Waals surface area contributed by atoms with Gasteiger partial charge in [0, 0.05) is 30.6 Å². The lowest BCUT2D eigenvalue weighted by Gasteiger charge is -2.04. The van der Waals surface area contributed by atoms with Crippen LogP contribution in [0.25, 0.3) is 22.5 Å². The SMILES string of the molecule is Cn1cc(-c2ccncn2)c(-c2cc(F)ccc2O)n1. The van der Waals surface area contributed by atoms with E-state index < -0.39 is 5.82 Å². The first kappa shape index (κ1) is 12.3. The monoisotopic (exact) mass is 270 g/mol. The Bertz CT molecular complexity index is 755. The minimum absolute atomic E-state index is 0.0274. The Morgan fingerprint density at radius 1 is 1.20 bits per heavy atom. The first-order valence-corrected chi connectivity index (χ1v) is 5.94. The molecule has 1 N–H and O–H groups in total. The lowest BCUT2D eigenvalue weighted by atomic mass is 10.0. The molecule has 3 aromatic rings. The molecular weight excluding hydrogens is 259 g/mol. The van der Waals surface area contributed by atoms with Crippen molar-refractivity contribution in [3.8, 4) is 28.3 Å². The highest BCUT2D eigenvalue weighted by Crippen LogP contribution is 2.35. The summed E-state index contributed by atoms with van der Waals surface area (Å²) in [5, 5.41) is 14.2. The summed E-state index contributed by atoms with van der Waals surface area (Å²) in [4.78, 5) is 8.02. The van der Waals surface area contributed by atoms with Crippen molar-refractivity contribution in [2.24, 2.45) is 7.05 Å². The standard InChI is InChI=1S/C14H11FN4O/c1-19-7-11(12-4-5-16-8-17-12)14(18-19)10-6-9(15)2-3-13(10)20/h2-8,20H,1H3. The summed E-state index contributed by atoms with van der Waals surface area (Å²) < 4.78 is 15.0. The molecule has 0 saturated carbocycles. The van der Waals surface area contributed by atoms with Crippen LogP contribution >= 0.6 is 0 Å². The predicted molar refractivity (Wildman–Crippen MR) is 71.3 cm³/mol. The number of aromatic hydroxyl groups is 1. The van der Waals surface area contributed by atoms with E-state index in [0.29, 0.717) is 22.5 Å². The Morgan fingerprint density at radius 3 is 2.80 bits per heavy atom. The summed E-state index contributed by atoms with van der Waals surface area (Å²) >= 11 is 0. The van der Waals surface area contributed by atoms with Crippen LogP contribution < -0.4 is 0 Å². The summed E-state index contributed by atoms with van der Waals surface area (Å²) in [6.45, 7) is 0. The molecule has 5 nitrogen and oxygen atoms in total. The third-order valence-electron chi connectivity index (χ3n) is 2.90. The fraction of sp³-hybridized carbons (Fsp3) is 0.0714. The van der Waals surface area contributed by atoms with E-state index in [2.05, 4.69) is 15.1 Å². The van der Waals surface area contributed by atoms with Gasteiger partial charge in [-0.2, -0.15) is 5.10 Å². The molecule has 0 spiro atoms. The number of aryl methyl sites for hydroxylation is 1. The number of hydrogen-bond acceptors (Lipinski definition) is 4. The van der Waals surface area contributed by atoms with Crippen molar-refractivity contribution in [2.75, 3.05) is 0 Å². The Morgan fingerprint density at radius 2 is 2.05 bits per heavy atom. The highest BCUT2D eigenvalue weighted by molar-refractivity contribution is 5.81. The maximum atomic E-state index is 13.4. The molecule has 3 rings (SSSR count). The van der Waals surface area contributed by atoms with Crippen molar-refractivity contribution < 1.29 is 9.50 Å². The zero-order chi connectivity index (χ0) is 14.1. The van der Waals surface area contributed by atoms with Crippen molar-refractivity contribution in [1.82, 2.24) is 19.7 Å². The fourth-order valence-corrected chi connectivity index (χ4v) is 2.02. The molecule has 0 fully saturated rings. The number of rotatable bonds is 2. The van der Waals surface area contributed by atoms with Gasteiger partial charge in [-0.3, -0.25) is 4.68 Å². The predicted octanol–water partition coefficient (Wildman–Crippen LogP) is 2.39. The molecule has 0 unspecified atom stereocenters. The first-order valence-electron chi connectivity index (χ1n) is 5.94. The first-order chi connectivity index (χ1) is 9.65. The smallest absolute Gasteiger partial charge is 0.125 e. The molecule has 100 valence electrons. The quantitative estimate of drug-likeness (QED) is 0.776. The number of phenols is 1. The molecule has 0 saturated heterocycles. The lowest BCUT2D eigenvalue weighted by Crippen LogP contribution is -1.89. The van der Waals surface area contributed by atoms with Gasteiger partial charge in [0.15, 0.2) is 0 Å². The molecule has 0 aliphatic heterocycles. The zero-order valence-electron chi connectivity index (χ0n) is 10.7. The van der Waals surface area contributed by atoms with Gasteiger partial charge in [0.25, 0.3) is 0 Å². The Labute approximate surface area is 114 Å². The molecule has 0 radical (unpaired) electrons. The van der Waals surface area contributed by atoms with Crippen LogP contribution in [0.3, 0.4) is 0 Å². The normalized spacial score (nSPS) is 10.7. The van der Waals surface area contributed by atoms with Gasteiger partial charge < -0.3 is 5.11 Å². The van der Waals surface area contributed by atoms with Crippen LogP contribution in [-0.2, 0) is 7.05 Å².